The normalized spacial score (nSPS) is 22.4. The first-order valence-electron chi connectivity index (χ1n) is 18.5. The van der Waals surface area contributed by atoms with E-state index in [-0.39, 0.29) is 29.0 Å². The molecule has 13 heteroatoms. The number of fused-ring (bicyclic) bond motifs is 3. The van der Waals surface area contributed by atoms with E-state index < -0.39 is 39.7 Å². The number of imidazole rings is 1. The van der Waals surface area contributed by atoms with Crippen LogP contribution < -0.4 is 0 Å². The van der Waals surface area contributed by atoms with Crippen molar-refractivity contribution >= 4 is 33.0 Å². The minimum Gasteiger partial charge on any atom is -0.379 e. The Hall–Kier alpha value is -2.30. The lowest BCUT2D eigenvalue weighted by atomic mass is 9.87. The van der Waals surface area contributed by atoms with Crippen molar-refractivity contribution in [1.82, 2.24) is 24.2 Å². The number of ether oxygens (including phenoxy) is 3. The maximum absolute atomic E-state index is 16.4. The van der Waals surface area contributed by atoms with Crippen molar-refractivity contribution in [3.05, 3.63) is 34.5 Å². The van der Waals surface area contributed by atoms with E-state index in [0.717, 1.165) is 42.6 Å². The summed E-state index contributed by atoms with van der Waals surface area (Å²) in [7, 11) is -2.65. The summed E-state index contributed by atoms with van der Waals surface area (Å²) in [5.41, 5.74) is 3.55. The largest absolute Gasteiger partial charge is 0.379 e. The smallest absolute Gasteiger partial charge is 0.185 e. The topological polar surface area (TPSA) is 83.6 Å². The molecule has 1 saturated carbocycles. The van der Waals surface area contributed by atoms with Crippen LogP contribution in [0.5, 0.6) is 0 Å². The Balaban J connectivity index is 1.40. The van der Waals surface area contributed by atoms with E-state index in [9.17, 15) is 4.79 Å². The van der Waals surface area contributed by atoms with Crippen LogP contribution in [0, 0.1) is 23.0 Å². The number of ketones is 1. The highest BCUT2D eigenvalue weighted by atomic mass is 28.3. The minimum atomic E-state index is -1.39. The van der Waals surface area contributed by atoms with Crippen molar-refractivity contribution < 1.29 is 27.8 Å². The molecule has 0 spiro atoms. The summed E-state index contributed by atoms with van der Waals surface area (Å²) < 4.78 is 54.0. The fourth-order valence-corrected chi connectivity index (χ4v) is 9.00. The van der Waals surface area contributed by atoms with Crippen molar-refractivity contribution in [2.75, 3.05) is 39.5 Å². The summed E-state index contributed by atoms with van der Waals surface area (Å²) in [6.45, 7) is 23.6. The van der Waals surface area contributed by atoms with Gasteiger partial charge >= 0.3 is 0 Å². The van der Waals surface area contributed by atoms with Gasteiger partial charge in [0.2, 0.25) is 0 Å². The Bertz CT molecular complexity index is 1730. The lowest BCUT2D eigenvalue weighted by Gasteiger charge is -2.32. The second-order valence-corrected chi connectivity index (χ2v) is 28.9. The van der Waals surface area contributed by atoms with Crippen molar-refractivity contribution in [3.8, 4) is 11.5 Å². The Morgan fingerprint density at radius 3 is 2.30 bits per heavy atom. The molecule has 1 aromatic carbocycles. The molecule has 3 heterocycles. The van der Waals surface area contributed by atoms with Crippen molar-refractivity contribution in [3.63, 3.8) is 0 Å². The third kappa shape index (κ3) is 7.87. The van der Waals surface area contributed by atoms with E-state index in [1.807, 2.05) is 16.5 Å². The molecule has 0 radical (unpaired) electrons. The van der Waals surface area contributed by atoms with Crippen molar-refractivity contribution in [2.45, 2.75) is 117 Å². The van der Waals surface area contributed by atoms with Gasteiger partial charge in [0.1, 0.15) is 24.7 Å². The van der Waals surface area contributed by atoms with E-state index in [2.05, 4.69) is 46.2 Å². The Kier molecular flexibility index (Phi) is 10.7. The first kappa shape index (κ1) is 37.5. The van der Waals surface area contributed by atoms with Crippen LogP contribution in [0.25, 0.3) is 22.6 Å². The molecule has 276 valence electrons. The SMILES string of the molecule is CC(C(=O)[C@H](C)N1CCOCC1)c1cc2nc(-c3nn(COCC[Si](C)(C)C)c4c3C[C@@H]3C[C@]3(C)C4)n(COCC[Si](C)(C)C)c2c(F)c1F. The van der Waals surface area contributed by atoms with Gasteiger partial charge in [-0.2, -0.15) is 5.10 Å². The van der Waals surface area contributed by atoms with Crippen LogP contribution in [0.4, 0.5) is 8.78 Å². The number of morpholine rings is 1. The molecule has 0 N–H and O–H groups in total. The maximum atomic E-state index is 16.4. The molecule has 50 heavy (non-hydrogen) atoms. The molecule has 3 aromatic rings. The average Bonchev–Trinajstić information content (AvgIpc) is 3.41. The highest BCUT2D eigenvalue weighted by molar-refractivity contribution is 6.76. The van der Waals surface area contributed by atoms with Crippen LogP contribution in [0.3, 0.4) is 0 Å². The predicted molar refractivity (Wildman–Crippen MR) is 198 cm³/mol. The van der Waals surface area contributed by atoms with E-state index in [4.69, 9.17) is 24.3 Å². The summed E-state index contributed by atoms with van der Waals surface area (Å²) in [6, 6.07) is 3.12. The molecule has 1 saturated heterocycles. The molecule has 2 aromatic heterocycles. The number of nitrogens with zero attached hydrogens (tertiary/aromatic N) is 5. The second kappa shape index (κ2) is 14.3. The molecule has 1 aliphatic heterocycles. The highest BCUT2D eigenvalue weighted by Crippen LogP contribution is 2.60. The first-order chi connectivity index (χ1) is 23.5. The number of rotatable bonds is 15. The van der Waals surface area contributed by atoms with Gasteiger partial charge in [0.15, 0.2) is 23.2 Å². The third-order valence-corrected chi connectivity index (χ3v) is 14.6. The zero-order chi connectivity index (χ0) is 36.2. The predicted octanol–water partition coefficient (Wildman–Crippen LogP) is 7.32. The van der Waals surface area contributed by atoms with Gasteiger partial charge in [-0.25, -0.2) is 18.4 Å². The standard InChI is InChI=1S/C37H57F2N5O4Si2/c1-24(35(45)25(2)42-10-12-46-13-11-42)27-19-29-34(32(39)31(27)38)43(22-47-14-16-49(4,5)6)36(40-29)33-28-18-26-20-37(26,3)21-30(28)44(41-33)23-48-15-17-50(7,8)9/h19,24-26H,10-18,20-23H2,1-9H3/t24?,25-,26+,37+/m0/s1. The molecule has 2 fully saturated rings. The van der Waals surface area contributed by atoms with Crippen LogP contribution in [0.15, 0.2) is 6.07 Å². The monoisotopic (exact) mass is 729 g/mol. The first-order valence-corrected chi connectivity index (χ1v) is 25.9. The van der Waals surface area contributed by atoms with Crippen LogP contribution in [-0.4, -0.2) is 91.7 Å². The fourth-order valence-electron chi connectivity index (χ4n) is 7.49. The summed E-state index contributed by atoms with van der Waals surface area (Å²) in [6.07, 6.45) is 2.92. The van der Waals surface area contributed by atoms with Crippen molar-refractivity contribution in [2.24, 2.45) is 11.3 Å². The summed E-state index contributed by atoms with van der Waals surface area (Å²) in [4.78, 5) is 20.7. The zero-order valence-corrected chi connectivity index (χ0v) is 33.6. The molecule has 3 aliphatic rings. The van der Waals surface area contributed by atoms with Crippen LogP contribution in [-0.2, 0) is 45.3 Å². The molecule has 0 bridgehead atoms. The zero-order valence-electron chi connectivity index (χ0n) is 31.6. The number of benzene rings is 1. The fraction of sp³-hybridized carbons (Fsp3) is 0.703. The molecule has 0 amide bonds. The van der Waals surface area contributed by atoms with Crippen molar-refractivity contribution in [1.29, 1.82) is 0 Å². The highest BCUT2D eigenvalue weighted by Gasteiger charge is 2.54. The van der Waals surface area contributed by atoms with Crippen LogP contribution in [0.2, 0.25) is 51.4 Å². The number of halogens is 2. The van der Waals surface area contributed by atoms with E-state index in [0.29, 0.717) is 69.2 Å². The number of carbonyl (C=O) groups is 1. The number of carbonyl (C=O) groups excluding carboxylic acids is 1. The number of Topliss-reactive ketones (excluding diaryl/α,β-unsaturated/α-hetero) is 1. The molecule has 6 rings (SSSR count). The van der Waals surface area contributed by atoms with Gasteiger partial charge in [0.25, 0.3) is 0 Å². The Labute approximate surface area is 298 Å². The average molecular weight is 730 g/mol. The van der Waals surface area contributed by atoms with E-state index in [1.54, 1.807) is 17.6 Å². The van der Waals surface area contributed by atoms with Gasteiger partial charge in [-0.15, -0.1) is 0 Å². The minimum absolute atomic E-state index is 0.0179. The van der Waals surface area contributed by atoms with Gasteiger partial charge in [-0.05, 0) is 55.7 Å². The third-order valence-electron chi connectivity index (χ3n) is 11.2. The number of hydrogen-bond acceptors (Lipinski definition) is 7. The number of aromatic nitrogens is 4. The molecule has 1 unspecified atom stereocenters. The quantitative estimate of drug-likeness (QED) is 0.120. The Morgan fingerprint density at radius 1 is 1.02 bits per heavy atom. The van der Waals surface area contributed by atoms with Crippen LogP contribution in [0.1, 0.15) is 49.9 Å². The molecular weight excluding hydrogens is 673 g/mol. The lowest BCUT2D eigenvalue weighted by Crippen LogP contribution is -2.47. The van der Waals surface area contributed by atoms with Gasteiger partial charge in [-0.1, -0.05) is 53.1 Å². The van der Waals surface area contributed by atoms with E-state index in [1.165, 1.54) is 0 Å². The molecule has 2 aliphatic carbocycles. The van der Waals surface area contributed by atoms with Gasteiger partial charge in [0, 0.05) is 65.2 Å². The Morgan fingerprint density at radius 2 is 1.66 bits per heavy atom. The maximum Gasteiger partial charge on any atom is 0.185 e. The molecule has 4 atom stereocenters. The van der Waals surface area contributed by atoms with Gasteiger partial charge < -0.3 is 14.2 Å². The van der Waals surface area contributed by atoms with Crippen LogP contribution >= 0.6 is 0 Å². The summed E-state index contributed by atoms with van der Waals surface area (Å²) in [5.74, 6) is -2.02. The van der Waals surface area contributed by atoms with E-state index >= 15 is 8.78 Å². The molecular formula is C37H57F2N5O4Si2. The second-order valence-electron chi connectivity index (χ2n) is 17.7. The van der Waals surface area contributed by atoms with Gasteiger partial charge in [0.05, 0.1) is 24.8 Å². The summed E-state index contributed by atoms with van der Waals surface area (Å²) >= 11 is 0. The summed E-state index contributed by atoms with van der Waals surface area (Å²) in [5, 5.41) is 5.10. The van der Waals surface area contributed by atoms with Gasteiger partial charge in [-0.3, -0.25) is 14.3 Å². The number of hydrogen-bond donors (Lipinski definition) is 0. The molecule has 9 nitrogen and oxygen atoms in total. The lowest BCUT2D eigenvalue weighted by molar-refractivity contribution is -0.126.